The first-order chi connectivity index (χ1) is 18.2. The van der Waals surface area contributed by atoms with Crippen LogP contribution < -0.4 is 0 Å². The Balaban J connectivity index is 1.36. The Kier molecular flexibility index (Phi) is 7.59. The molecule has 0 spiro atoms. The Labute approximate surface area is 226 Å². The van der Waals surface area contributed by atoms with E-state index in [1.807, 2.05) is 20.8 Å². The summed E-state index contributed by atoms with van der Waals surface area (Å²) in [4.78, 5) is 21.5. The average Bonchev–Trinajstić information content (AvgIpc) is 3.25. The minimum Gasteiger partial charge on any atom is -0.444 e. The number of piperidine rings is 1. The average molecular weight is 517 g/mol. The first-order valence-electron chi connectivity index (χ1n) is 13.7. The number of imidazole rings is 1. The van der Waals surface area contributed by atoms with Gasteiger partial charge in [-0.15, -0.1) is 0 Å². The van der Waals surface area contributed by atoms with Gasteiger partial charge in [0.2, 0.25) is 0 Å². The smallest absolute Gasteiger partial charge is 0.410 e. The second-order valence-corrected chi connectivity index (χ2v) is 11.7. The number of hydrogen-bond acceptors (Lipinski definition) is 5. The van der Waals surface area contributed by atoms with E-state index in [1.54, 1.807) is 11.9 Å². The molecule has 2 aliphatic heterocycles. The van der Waals surface area contributed by atoms with Crippen molar-refractivity contribution in [3.05, 3.63) is 77.2 Å². The minimum atomic E-state index is -0.510. The molecule has 2 aromatic carbocycles. The predicted octanol–water partition coefficient (Wildman–Crippen LogP) is 5.67. The maximum absolute atomic E-state index is 12.3. The van der Waals surface area contributed by atoms with Crippen LogP contribution in [0.2, 0.25) is 0 Å². The summed E-state index contributed by atoms with van der Waals surface area (Å²) in [5.41, 5.74) is 5.12. The van der Waals surface area contributed by atoms with Gasteiger partial charge in [-0.05, 0) is 63.8 Å². The Bertz CT molecular complexity index is 1250. The Morgan fingerprint density at radius 1 is 1.05 bits per heavy atom. The van der Waals surface area contributed by atoms with E-state index >= 15 is 0 Å². The molecule has 0 aliphatic carbocycles. The van der Waals surface area contributed by atoms with Gasteiger partial charge >= 0.3 is 6.09 Å². The second kappa shape index (κ2) is 10.9. The molecule has 0 radical (unpaired) electrons. The van der Waals surface area contributed by atoms with Crippen LogP contribution in [0.25, 0.3) is 11.3 Å². The zero-order valence-electron chi connectivity index (χ0n) is 23.3. The molecule has 2 aliphatic rings. The summed E-state index contributed by atoms with van der Waals surface area (Å²) in [6.07, 6.45) is 4.95. The van der Waals surface area contributed by atoms with Crippen LogP contribution in [0.4, 0.5) is 4.79 Å². The first kappa shape index (κ1) is 26.4. The number of ether oxygens (including phenoxy) is 2. The summed E-state index contributed by atoms with van der Waals surface area (Å²) in [6, 6.07) is 16.9. The van der Waals surface area contributed by atoms with Crippen molar-refractivity contribution in [3.63, 3.8) is 0 Å². The van der Waals surface area contributed by atoms with Crippen molar-refractivity contribution in [1.29, 1.82) is 0 Å². The number of amides is 1. The number of carbonyl (C=O) groups is 1. The molecule has 38 heavy (non-hydrogen) atoms. The number of aromatic nitrogens is 2. The molecule has 1 unspecified atom stereocenters. The zero-order valence-corrected chi connectivity index (χ0v) is 23.3. The van der Waals surface area contributed by atoms with Gasteiger partial charge in [0.25, 0.3) is 0 Å². The van der Waals surface area contributed by atoms with E-state index in [2.05, 4.69) is 71.2 Å². The highest BCUT2D eigenvalue weighted by atomic mass is 16.6. The summed E-state index contributed by atoms with van der Waals surface area (Å²) in [5, 5.41) is 0. The van der Waals surface area contributed by atoms with E-state index in [0.29, 0.717) is 6.54 Å². The monoisotopic (exact) mass is 516 g/mol. The van der Waals surface area contributed by atoms with Crippen LogP contribution in [0.1, 0.15) is 62.2 Å². The van der Waals surface area contributed by atoms with Crippen LogP contribution in [-0.2, 0) is 29.0 Å². The minimum absolute atomic E-state index is 0.169. The first-order valence-corrected chi connectivity index (χ1v) is 13.7. The van der Waals surface area contributed by atoms with Crippen molar-refractivity contribution in [2.45, 2.75) is 70.9 Å². The molecule has 1 aromatic heterocycles. The van der Waals surface area contributed by atoms with Crippen molar-refractivity contribution in [2.24, 2.45) is 0 Å². The predicted molar refractivity (Wildman–Crippen MR) is 149 cm³/mol. The molecule has 7 nitrogen and oxygen atoms in total. The maximum Gasteiger partial charge on any atom is 0.410 e. The number of hydrogen-bond donors (Lipinski definition) is 0. The number of nitrogens with zero attached hydrogens (tertiary/aromatic N) is 4. The molecule has 202 valence electrons. The van der Waals surface area contributed by atoms with Crippen molar-refractivity contribution in [2.75, 3.05) is 27.2 Å². The van der Waals surface area contributed by atoms with E-state index in [9.17, 15) is 4.79 Å². The molecule has 3 heterocycles. The Morgan fingerprint density at radius 3 is 2.47 bits per heavy atom. The van der Waals surface area contributed by atoms with Gasteiger partial charge in [-0.3, -0.25) is 0 Å². The summed E-state index contributed by atoms with van der Waals surface area (Å²) in [5.74, 6) is 0.984. The molecular weight excluding hydrogens is 476 g/mol. The summed E-state index contributed by atoms with van der Waals surface area (Å²) < 4.78 is 14.6. The molecule has 1 fully saturated rings. The third-order valence-electron chi connectivity index (χ3n) is 7.37. The summed E-state index contributed by atoms with van der Waals surface area (Å²) >= 11 is 0. The Hall–Kier alpha value is -3.16. The highest BCUT2D eigenvalue weighted by molar-refractivity contribution is 5.68. The van der Waals surface area contributed by atoms with Gasteiger partial charge in [0.1, 0.15) is 17.5 Å². The van der Waals surface area contributed by atoms with E-state index in [0.717, 1.165) is 61.5 Å². The number of rotatable bonds is 5. The van der Waals surface area contributed by atoms with E-state index < -0.39 is 5.60 Å². The highest BCUT2D eigenvalue weighted by Crippen LogP contribution is 2.36. The molecule has 1 amide bonds. The molecule has 0 bridgehead atoms. The van der Waals surface area contributed by atoms with Gasteiger partial charge in [0.05, 0.1) is 11.8 Å². The lowest BCUT2D eigenvalue weighted by atomic mass is 10.00. The van der Waals surface area contributed by atoms with E-state index in [4.69, 9.17) is 14.5 Å². The molecule has 0 saturated carbocycles. The van der Waals surface area contributed by atoms with Crippen LogP contribution in [0.5, 0.6) is 0 Å². The molecule has 5 rings (SSSR count). The van der Waals surface area contributed by atoms with Crippen LogP contribution >= 0.6 is 0 Å². The highest BCUT2D eigenvalue weighted by Gasteiger charge is 2.30. The quantitative estimate of drug-likeness (QED) is 0.437. The van der Waals surface area contributed by atoms with Crippen LogP contribution in [0, 0.1) is 0 Å². The van der Waals surface area contributed by atoms with E-state index in [1.165, 1.54) is 11.1 Å². The van der Waals surface area contributed by atoms with Gasteiger partial charge in [0.15, 0.2) is 0 Å². The molecule has 1 saturated heterocycles. The lowest BCUT2D eigenvalue weighted by Gasteiger charge is -2.32. The number of benzene rings is 2. The van der Waals surface area contributed by atoms with Crippen LogP contribution in [-0.4, -0.2) is 64.3 Å². The van der Waals surface area contributed by atoms with Crippen molar-refractivity contribution in [1.82, 2.24) is 19.4 Å². The third kappa shape index (κ3) is 6.11. The maximum atomic E-state index is 12.3. The Morgan fingerprint density at radius 2 is 1.76 bits per heavy atom. The zero-order chi connectivity index (χ0) is 26.9. The number of carbonyl (C=O) groups excluding carboxylic acids is 1. The second-order valence-electron chi connectivity index (χ2n) is 11.7. The van der Waals surface area contributed by atoms with Gasteiger partial charge in [0, 0.05) is 45.0 Å². The fourth-order valence-corrected chi connectivity index (χ4v) is 5.26. The van der Waals surface area contributed by atoms with Crippen molar-refractivity contribution < 1.29 is 14.3 Å². The lowest BCUT2D eigenvalue weighted by Crippen LogP contribution is -2.35. The van der Waals surface area contributed by atoms with Gasteiger partial charge < -0.3 is 23.8 Å². The fourth-order valence-electron chi connectivity index (χ4n) is 5.26. The summed E-state index contributed by atoms with van der Waals surface area (Å²) in [7, 11) is 3.94. The largest absolute Gasteiger partial charge is 0.444 e. The number of fused-ring (bicyclic) bond motifs is 2. The van der Waals surface area contributed by atoms with Crippen molar-refractivity contribution >= 4 is 6.09 Å². The molecule has 1 atom stereocenters. The van der Waals surface area contributed by atoms with E-state index in [-0.39, 0.29) is 18.3 Å². The van der Waals surface area contributed by atoms with Gasteiger partial charge in [-0.2, -0.15) is 0 Å². The normalized spacial score (nSPS) is 18.4. The number of likely N-dealkylation sites (tertiary alicyclic amines) is 1. The standard InChI is InChI=1S/C31H40N4O3/c1-31(2,3)38-30(36)34(5)20-22-10-12-24(13-11-22)27-21-35-19-14-23-8-6-7-9-26(23)28(29(35)32-27)37-25-15-17-33(4)18-16-25/h6-13,21,25,28H,14-20H2,1-5H3. The summed E-state index contributed by atoms with van der Waals surface area (Å²) in [6.45, 7) is 9.12. The lowest BCUT2D eigenvalue weighted by molar-refractivity contribution is -0.0275. The third-order valence-corrected chi connectivity index (χ3v) is 7.37. The molecule has 3 aromatic rings. The van der Waals surface area contributed by atoms with Crippen LogP contribution in [0.3, 0.4) is 0 Å². The van der Waals surface area contributed by atoms with Crippen molar-refractivity contribution in [3.8, 4) is 11.3 Å². The molecule has 7 heteroatoms. The molecule has 0 N–H and O–H groups in total. The van der Waals surface area contributed by atoms with Gasteiger partial charge in [-0.1, -0.05) is 48.5 Å². The van der Waals surface area contributed by atoms with Crippen LogP contribution in [0.15, 0.2) is 54.7 Å². The molecular formula is C31H40N4O3. The van der Waals surface area contributed by atoms with Gasteiger partial charge in [-0.25, -0.2) is 9.78 Å². The topological polar surface area (TPSA) is 59.8 Å². The number of aryl methyl sites for hydroxylation is 2. The SMILES string of the molecule is CN1CCC(OC2c3ccccc3CCn3cc(-c4ccc(CN(C)C(=O)OC(C)(C)C)cc4)nc32)CC1. The fraction of sp³-hybridized carbons (Fsp3) is 0.484.